The Morgan fingerprint density at radius 2 is 2.00 bits per heavy atom. The Morgan fingerprint density at radius 3 is 2.59 bits per heavy atom. The number of hydrogen-bond donors (Lipinski definition) is 2. The summed E-state index contributed by atoms with van der Waals surface area (Å²) in [6, 6.07) is 5.84. The zero-order chi connectivity index (χ0) is 12.5. The normalized spacial score (nSPS) is 16.8. The third kappa shape index (κ3) is 2.70. The molecule has 0 amide bonds. The molecule has 2 heteroatoms. The van der Waals surface area contributed by atoms with E-state index in [1.54, 1.807) is 13.8 Å². The summed E-state index contributed by atoms with van der Waals surface area (Å²) in [5.74, 6) is 0. The van der Waals surface area contributed by atoms with Crippen LogP contribution in [0.4, 0.5) is 5.69 Å². The predicted octanol–water partition coefficient (Wildman–Crippen LogP) is 3.45. The quantitative estimate of drug-likeness (QED) is 0.766. The summed E-state index contributed by atoms with van der Waals surface area (Å²) < 4.78 is 0. The Hall–Kier alpha value is -1.28. The van der Waals surface area contributed by atoms with Gasteiger partial charge in [0.05, 0.1) is 5.60 Å². The van der Waals surface area contributed by atoms with E-state index >= 15 is 0 Å². The molecule has 2 rings (SSSR count). The fraction of sp³-hybridized carbons (Fsp3) is 0.467. The molecule has 0 saturated carbocycles. The van der Waals surface area contributed by atoms with Crippen molar-refractivity contribution in [2.24, 2.45) is 0 Å². The lowest BCUT2D eigenvalue weighted by Gasteiger charge is -2.21. The Labute approximate surface area is 103 Å². The molecule has 17 heavy (non-hydrogen) atoms. The monoisotopic (exact) mass is 231 g/mol. The van der Waals surface area contributed by atoms with Crippen LogP contribution in [-0.4, -0.2) is 5.11 Å². The van der Waals surface area contributed by atoms with Crippen LogP contribution in [0.25, 0.3) is 5.57 Å². The minimum atomic E-state index is -0.808. The Kier molecular flexibility index (Phi) is 3.25. The van der Waals surface area contributed by atoms with Crippen molar-refractivity contribution in [2.75, 3.05) is 5.73 Å². The van der Waals surface area contributed by atoms with Crippen LogP contribution in [0.1, 0.15) is 50.7 Å². The van der Waals surface area contributed by atoms with Gasteiger partial charge in [0.25, 0.3) is 0 Å². The molecule has 0 saturated heterocycles. The van der Waals surface area contributed by atoms with Gasteiger partial charge >= 0.3 is 0 Å². The molecule has 0 unspecified atom stereocenters. The number of hydrogen-bond acceptors (Lipinski definition) is 2. The van der Waals surface area contributed by atoms with Gasteiger partial charge in [-0.1, -0.05) is 12.1 Å². The fourth-order valence-corrected chi connectivity index (χ4v) is 2.30. The van der Waals surface area contributed by atoms with Crippen LogP contribution in [0.15, 0.2) is 24.3 Å². The van der Waals surface area contributed by atoms with E-state index in [1.807, 2.05) is 18.2 Å². The van der Waals surface area contributed by atoms with Gasteiger partial charge in [0.1, 0.15) is 0 Å². The fourth-order valence-electron chi connectivity index (χ4n) is 2.30. The van der Waals surface area contributed by atoms with Gasteiger partial charge in [-0.05, 0) is 62.8 Å². The van der Waals surface area contributed by atoms with E-state index in [1.165, 1.54) is 18.4 Å². The molecule has 2 nitrogen and oxygen atoms in total. The highest BCUT2D eigenvalue weighted by molar-refractivity contribution is 5.76. The molecule has 1 aromatic carbocycles. The van der Waals surface area contributed by atoms with Crippen molar-refractivity contribution in [2.45, 2.75) is 45.1 Å². The van der Waals surface area contributed by atoms with Crippen LogP contribution in [0.5, 0.6) is 0 Å². The van der Waals surface area contributed by atoms with Crippen LogP contribution < -0.4 is 5.73 Å². The average Bonchev–Trinajstić information content (AvgIpc) is 2.29. The third-order valence-electron chi connectivity index (χ3n) is 3.40. The zero-order valence-corrected chi connectivity index (χ0v) is 10.7. The number of allylic oxidation sites excluding steroid dienone is 2. The van der Waals surface area contributed by atoms with Crippen molar-refractivity contribution in [3.63, 3.8) is 0 Å². The first kappa shape index (κ1) is 12.2. The molecule has 3 N–H and O–H groups in total. The molecule has 0 aromatic heterocycles. The number of rotatable bonds is 2. The Morgan fingerprint density at radius 1 is 1.24 bits per heavy atom. The lowest BCUT2D eigenvalue weighted by atomic mass is 9.89. The first-order chi connectivity index (χ1) is 7.98. The van der Waals surface area contributed by atoms with Crippen LogP contribution in [-0.2, 0) is 5.60 Å². The van der Waals surface area contributed by atoms with Crippen LogP contribution in [0.2, 0.25) is 0 Å². The summed E-state index contributed by atoms with van der Waals surface area (Å²) in [6.07, 6.45) is 7.02. The number of benzene rings is 1. The second-order valence-electron chi connectivity index (χ2n) is 5.34. The highest BCUT2D eigenvalue weighted by Crippen LogP contribution is 2.33. The van der Waals surface area contributed by atoms with E-state index in [-0.39, 0.29) is 0 Å². The maximum Gasteiger partial charge on any atom is 0.0840 e. The first-order valence-corrected chi connectivity index (χ1v) is 6.30. The standard InChI is InChI=1S/C15H21NO/c1-15(2,17)12-8-9-14(16)13(10-12)11-6-4-3-5-7-11/h6,8-10,17H,3-5,7,16H2,1-2H3. The highest BCUT2D eigenvalue weighted by Gasteiger charge is 2.18. The highest BCUT2D eigenvalue weighted by atomic mass is 16.3. The van der Waals surface area contributed by atoms with Gasteiger partial charge < -0.3 is 10.8 Å². The number of nitrogen functional groups attached to an aromatic ring is 1. The smallest absolute Gasteiger partial charge is 0.0840 e. The summed E-state index contributed by atoms with van der Waals surface area (Å²) in [7, 11) is 0. The minimum absolute atomic E-state index is 0.808. The Bertz CT molecular complexity index is 441. The minimum Gasteiger partial charge on any atom is -0.398 e. The molecule has 0 aliphatic heterocycles. The SMILES string of the molecule is CC(C)(O)c1ccc(N)c(C2=CCCCC2)c1. The summed E-state index contributed by atoms with van der Waals surface area (Å²) in [6.45, 7) is 3.61. The second-order valence-corrected chi connectivity index (χ2v) is 5.34. The molecular formula is C15H21NO. The van der Waals surface area contributed by atoms with Crippen molar-refractivity contribution in [1.29, 1.82) is 0 Å². The summed E-state index contributed by atoms with van der Waals surface area (Å²) >= 11 is 0. The lowest BCUT2D eigenvalue weighted by Crippen LogP contribution is -2.16. The van der Waals surface area contributed by atoms with Gasteiger partial charge in [0.2, 0.25) is 0 Å². The molecular weight excluding hydrogens is 210 g/mol. The van der Waals surface area contributed by atoms with E-state index in [9.17, 15) is 5.11 Å². The molecule has 92 valence electrons. The molecule has 1 aromatic rings. The van der Waals surface area contributed by atoms with Crippen molar-refractivity contribution < 1.29 is 5.11 Å². The first-order valence-electron chi connectivity index (χ1n) is 6.30. The molecule has 0 spiro atoms. The van der Waals surface area contributed by atoms with Crippen LogP contribution in [0, 0.1) is 0 Å². The zero-order valence-electron chi connectivity index (χ0n) is 10.7. The molecule has 0 radical (unpaired) electrons. The largest absolute Gasteiger partial charge is 0.398 e. The average molecular weight is 231 g/mol. The lowest BCUT2D eigenvalue weighted by molar-refractivity contribution is 0.0786. The molecule has 0 atom stereocenters. The van der Waals surface area contributed by atoms with Crippen molar-refractivity contribution in [3.05, 3.63) is 35.4 Å². The van der Waals surface area contributed by atoms with E-state index in [0.29, 0.717) is 0 Å². The van der Waals surface area contributed by atoms with Gasteiger partial charge in [-0.15, -0.1) is 0 Å². The number of anilines is 1. The van der Waals surface area contributed by atoms with E-state index in [2.05, 4.69) is 6.08 Å². The van der Waals surface area contributed by atoms with Gasteiger partial charge in [-0.2, -0.15) is 0 Å². The van der Waals surface area contributed by atoms with Gasteiger partial charge in [-0.25, -0.2) is 0 Å². The van der Waals surface area contributed by atoms with E-state index in [4.69, 9.17) is 5.73 Å². The number of aliphatic hydroxyl groups is 1. The van der Waals surface area contributed by atoms with Gasteiger partial charge in [-0.3, -0.25) is 0 Å². The van der Waals surface area contributed by atoms with Crippen molar-refractivity contribution in [1.82, 2.24) is 0 Å². The molecule has 0 bridgehead atoms. The summed E-state index contributed by atoms with van der Waals surface area (Å²) in [5.41, 5.74) is 9.40. The third-order valence-corrected chi connectivity index (χ3v) is 3.40. The van der Waals surface area contributed by atoms with Crippen molar-refractivity contribution in [3.8, 4) is 0 Å². The molecule has 1 aliphatic rings. The Balaban J connectivity index is 2.42. The number of nitrogens with two attached hydrogens (primary N) is 1. The molecule has 0 fully saturated rings. The van der Waals surface area contributed by atoms with Gasteiger partial charge in [0, 0.05) is 11.3 Å². The predicted molar refractivity (Wildman–Crippen MR) is 72.5 cm³/mol. The van der Waals surface area contributed by atoms with E-state index in [0.717, 1.165) is 29.7 Å². The van der Waals surface area contributed by atoms with Crippen LogP contribution in [0.3, 0.4) is 0 Å². The maximum atomic E-state index is 10.0. The van der Waals surface area contributed by atoms with Crippen molar-refractivity contribution >= 4 is 11.3 Å². The topological polar surface area (TPSA) is 46.2 Å². The molecule has 0 heterocycles. The van der Waals surface area contributed by atoms with E-state index < -0.39 is 5.60 Å². The van der Waals surface area contributed by atoms with Gasteiger partial charge in [0.15, 0.2) is 0 Å². The summed E-state index contributed by atoms with van der Waals surface area (Å²) in [5, 5.41) is 10.0. The van der Waals surface area contributed by atoms with Crippen LogP contribution >= 0.6 is 0 Å². The maximum absolute atomic E-state index is 10.0. The summed E-state index contributed by atoms with van der Waals surface area (Å²) in [4.78, 5) is 0. The molecule has 1 aliphatic carbocycles. The second kappa shape index (κ2) is 4.53.